The van der Waals surface area contributed by atoms with E-state index in [1.54, 1.807) is 4.68 Å². The normalized spacial score (nSPS) is 18.2. The molecule has 0 spiro atoms. The van der Waals surface area contributed by atoms with Crippen LogP contribution in [0.3, 0.4) is 0 Å². The number of aromatic nitrogens is 2. The highest BCUT2D eigenvalue weighted by Gasteiger charge is 2.33. The molecule has 1 amide bonds. The van der Waals surface area contributed by atoms with Crippen LogP contribution < -0.4 is 5.32 Å². The third-order valence-corrected chi connectivity index (χ3v) is 7.50. The maximum Gasteiger partial charge on any atom is 0.243 e. The van der Waals surface area contributed by atoms with Crippen LogP contribution in [0.4, 0.5) is 10.2 Å². The van der Waals surface area contributed by atoms with Gasteiger partial charge in [0.1, 0.15) is 11.6 Å². The van der Waals surface area contributed by atoms with E-state index >= 15 is 0 Å². The molecule has 28 heavy (non-hydrogen) atoms. The smallest absolute Gasteiger partial charge is 0.243 e. The summed E-state index contributed by atoms with van der Waals surface area (Å²) in [5.41, 5.74) is 2.17. The van der Waals surface area contributed by atoms with Crippen LogP contribution in [0.15, 0.2) is 29.2 Å². The lowest BCUT2D eigenvalue weighted by Crippen LogP contribution is -2.41. The fourth-order valence-electron chi connectivity index (χ4n) is 4.01. The third kappa shape index (κ3) is 3.44. The summed E-state index contributed by atoms with van der Waals surface area (Å²) < 4.78 is 41.5. The molecule has 0 bridgehead atoms. The number of benzene rings is 1. The van der Waals surface area contributed by atoms with E-state index in [1.165, 1.54) is 16.4 Å². The highest BCUT2D eigenvalue weighted by atomic mass is 32.2. The van der Waals surface area contributed by atoms with Gasteiger partial charge in [0.25, 0.3) is 0 Å². The van der Waals surface area contributed by atoms with Gasteiger partial charge in [-0.3, -0.25) is 9.48 Å². The van der Waals surface area contributed by atoms with Crippen molar-refractivity contribution in [3.8, 4) is 0 Å². The van der Waals surface area contributed by atoms with Crippen molar-refractivity contribution in [3.63, 3.8) is 0 Å². The van der Waals surface area contributed by atoms with Gasteiger partial charge in [-0.2, -0.15) is 9.40 Å². The SMILES string of the molecule is Cn1nc2c(c1NC(=O)C1CCN(S(=O)(=O)c3ccc(F)cc3)CC1)CCC2. The fourth-order valence-corrected chi connectivity index (χ4v) is 5.48. The molecule has 0 unspecified atom stereocenters. The average molecular weight is 406 g/mol. The predicted molar refractivity (Wildman–Crippen MR) is 102 cm³/mol. The van der Waals surface area contributed by atoms with E-state index in [0.29, 0.717) is 12.8 Å². The number of rotatable bonds is 4. The summed E-state index contributed by atoms with van der Waals surface area (Å²) in [4.78, 5) is 12.8. The summed E-state index contributed by atoms with van der Waals surface area (Å²) in [5, 5.41) is 7.46. The Morgan fingerprint density at radius 1 is 1.18 bits per heavy atom. The number of hydrogen-bond acceptors (Lipinski definition) is 4. The third-order valence-electron chi connectivity index (χ3n) is 5.59. The molecule has 2 aliphatic rings. The van der Waals surface area contributed by atoms with Gasteiger partial charge in [0.2, 0.25) is 15.9 Å². The lowest BCUT2D eigenvalue weighted by atomic mass is 9.97. The first-order valence-electron chi connectivity index (χ1n) is 9.47. The number of sulfonamides is 1. The van der Waals surface area contributed by atoms with Crippen molar-refractivity contribution in [2.75, 3.05) is 18.4 Å². The number of nitrogens with zero attached hydrogens (tertiary/aromatic N) is 3. The Labute approximate surface area is 163 Å². The zero-order valence-electron chi connectivity index (χ0n) is 15.7. The molecule has 2 heterocycles. The lowest BCUT2D eigenvalue weighted by molar-refractivity contribution is -0.121. The molecule has 1 fully saturated rings. The number of hydrogen-bond donors (Lipinski definition) is 1. The molecular weight excluding hydrogens is 383 g/mol. The number of anilines is 1. The van der Waals surface area contributed by atoms with E-state index in [2.05, 4.69) is 10.4 Å². The Kier molecular flexibility index (Phi) is 4.96. The van der Waals surface area contributed by atoms with Crippen LogP contribution in [-0.2, 0) is 34.7 Å². The molecule has 1 aromatic carbocycles. The molecule has 7 nitrogen and oxygen atoms in total. The van der Waals surface area contributed by atoms with Crippen molar-refractivity contribution in [1.82, 2.24) is 14.1 Å². The second-order valence-electron chi connectivity index (χ2n) is 7.37. The average Bonchev–Trinajstić information content (AvgIpc) is 3.24. The monoisotopic (exact) mass is 406 g/mol. The van der Waals surface area contributed by atoms with E-state index in [-0.39, 0.29) is 29.8 Å². The van der Waals surface area contributed by atoms with Gasteiger partial charge in [-0.15, -0.1) is 0 Å². The predicted octanol–water partition coefficient (Wildman–Crippen LogP) is 2.09. The Hall–Kier alpha value is -2.26. The highest BCUT2D eigenvalue weighted by molar-refractivity contribution is 7.89. The minimum Gasteiger partial charge on any atom is -0.310 e. The molecular formula is C19H23FN4O3S. The molecule has 2 aromatic rings. The Morgan fingerprint density at radius 3 is 2.54 bits per heavy atom. The number of halogens is 1. The van der Waals surface area contributed by atoms with E-state index < -0.39 is 15.8 Å². The number of carbonyl (C=O) groups is 1. The number of piperidine rings is 1. The maximum absolute atomic E-state index is 13.1. The summed E-state index contributed by atoms with van der Waals surface area (Å²) in [7, 11) is -1.85. The van der Waals surface area contributed by atoms with Gasteiger partial charge < -0.3 is 5.32 Å². The molecule has 1 aliphatic heterocycles. The molecule has 9 heteroatoms. The van der Waals surface area contributed by atoms with Gasteiger partial charge in [-0.1, -0.05) is 0 Å². The zero-order valence-corrected chi connectivity index (χ0v) is 16.5. The second-order valence-corrected chi connectivity index (χ2v) is 9.31. The van der Waals surface area contributed by atoms with Crippen LogP contribution in [0.1, 0.15) is 30.5 Å². The van der Waals surface area contributed by atoms with Gasteiger partial charge in [-0.05, 0) is 56.4 Å². The Bertz CT molecular complexity index is 993. The summed E-state index contributed by atoms with van der Waals surface area (Å²) in [6, 6.07) is 4.82. The zero-order chi connectivity index (χ0) is 19.9. The van der Waals surface area contributed by atoms with Gasteiger partial charge in [0.15, 0.2) is 0 Å². The van der Waals surface area contributed by atoms with Crippen molar-refractivity contribution in [2.45, 2.75) is 37.0 Å². The molecule has 1 aliphatic carbocycles. The van der Waals surface area contributed by atoms with Gasteiger partial charge >= 0.3 is 0 Å². The van der Waals surface area contributed by atoms with Crippen molar-refractivity contribution in [1.29, 1.82) is 0 Å². The van der Waals surface area contributed by atoms with Crippen LogP contribution in [-0.4, -0.2) is 41.5 Å². The summed E-state index contributed by atoms with van der Waals surface area (Å²) >= 11 is 0. The van der Waals surface area contributed by atoms with E-state index in [0.717, 1.165) is 48.5 Å². The van der Waals surface area contributed by atoms with Crippen LogP contribution >= 0.6 is 0 Å². The topological polar surface area (TPSA) is 84.3 Å². The maximum atomic E-state index is 13.1. The molecule has 0 saturated carbocycles. The summed E-state index contributed by atoms with van der Waals surface area (Å²) in [5.74, 6) is -0.0435. The highest BCUT2D eigenvalue weighted by Crippen LogP contribution is 2.30. The molecule has 4 rings (SSSR count). The van der Waals surface area contributed by atoms with Crippen molar-refractivity contribution < 1.29 is 17.6 Å². The Balaban J connectivity index is 1.40. The molecule has 1 saturated heterocycles. The summed E-state index contributed by atoms with van der Waals surface area (Å²) in [6.45, 7) is 0.530. The van der Waals surface area contributed by atoms with Gasteiger partial charge in [-0.25, -0.2) is 12.8 Å². The minimum absolute atomic E-state index is 0.0715. The van der Waals surface area contributed by atoms with Crippen LogP contribution in [0.5, 0.6) is 0 Å². The lowest BCUT2D eigenvalue weighted by Gasteiger charge is -2.30. The van der Waals surface area contributed by atoms with Crippen LogP contribution in [0.25, 0.3) is 0 Å². The molecule has 0 radical (unpaired) electrons. The summed E-state index contributed by atoms with van der Waals surface area (Å²) in [6.07, 6.45) is 3.82. The first-order chi connectivity index (χ1) is 13.4. The molecule has 0 atom stereocenters. The minimum atomic E-state index is -3.67. The van der Waals surface area contributed by atoms with Crippen LogP contribution in [0.2, 0.25) is 0 Å². The van der Waals surface area contributed by atoms with E-state index in [9.17, 15) is 17.6 Å². The first kappa shape index (κ1) is 19.1. The number of aryl methyl sites for hydroxylation is 2. The fraction of sp³-hybridized carbons (Fsp3) is 0.474. The first-order valence-corrected chi connectivity index (χ1v) is 10.9. The molecule has 1 aromatic heterocycles. The Morgan fingerprint density at radius 2 is 1.86 bits per heavy atom. The van der Waals surface area contributed by atoms with Gasteiger partial charge in [0.05, 0.1) is 10.6 Å². The largest absolute Gasteiger partial charge is 0.310 e. The van der Waals surface area contributed by atoms with Crippen molar-refractivity contribution in [2.24, 2.45) is 13.0 Å². The number of nitrogens with one attached hydrogen (secondary N) is 1. The van der Waals surface area contributed by atoms with Gasteiger partial charge in [0, 0.05) is 31.6 Å². The quantitative estimate of drug-likeness (QED) is 0.843. The van der Waals surface area contributed by atoms with E-state index in [1.807, 2.05) is 7.05 Å². The standard InChI is InChI=1S/C19H23FN4O3S/c1-23-18(16-3-2-4-17(16)22-23)21-19(25)13-9-11-24(12-10-13)28(26,27)15-7-5-14(20)6-8-15/h5-8,13H,2-4,9-12H2,1H3,(H,21,25). The molecule has 1 N–H and O–H groups in total. The second kappa shape index (κ2) is 7.29. The van der Waals surface area contributed by atoms with Crippen molar-refractivity contribution >= 4 is 21.7 Å². The molecule has 150 valence electrons. The number of amides is 1. The van der Waals surface area contributed by atoms with E-state index in [4.69, 9.17) is 0 Å². The number of fused-ring (bicyclic) bond motifs is 1. The van der Waals surface area contributed by atoms with Crippen molar-refractivity contribution in [3.05, 3.63) is 41.3 Å². The number of carbonyl (C=O) groups excluding carboxylic acids is 1. The van der Waals surface area contributed by atoms with Crippen LogP contribution in [0, 0.1) is 11.7 Å².